The van der Waals surface area contributed by atoms with E-state index in [0.29, 0.717) is 16.4 Å². The number of hydrogen-bond donors (Lipinski definition) is 1. The van der Waals surface area contributed by atoms with E-state index < -0.39 is 0 Å². The Hall–Kier alpha value is -1.08. The van der Waals surface area contributed by atoms with E-state index in [1.807, 2.05) is 20.8 Å². The number of likely N-dealkylation sites (tertiary alicyclic amines) is 1. The molecule has 2 rings (SSSR count). The van der Waals surface area contributed by atoms with E-state index in [1.54, 1.807) is 4.90 Å². The third-order valence-electron chi connectivity index (χ3n) is 3.48. The lowest BCUT2D eigenvalue weighted by Crippen LogP contribution is -2.50. The highest BCUT2D eigenvalue weighted by molar-refractivity contribution is 7.80. The number of aromatic nitrogens is 2. The van der Waals surface area contributed by atoms with Crippen LogP contribution in [0.5, 0.6) is 0 Å². The summed E-state index contributed by atoms with van der Waals surface area (Å²) >= 11 is 6.26. The Morgan fingerprint density at radius 1 is 1.45 bits per heavy atom. The van der Waals surface area contributed by atoms with Crippen LogP contribution in [0, 0.1) is 0 Å². The van der Waals surface area contributed by atoms with Gasteiger partial charge in [-0.2, -0.15) is 0 Å². The normalized spacial score (nSPS) is 19.9. The van der Waals surface area contributed by atoms with Crippen molar-refractivity contribution in [3.05, 3.63) is 10.6 Å². The molecule has 20 heavy (non-hydrogen) atoms. The monoisotopic (exact) mass is 312 g/mol. The van der Waals surface area contributed by atoms with Crippen LogP contribution >= 0.6 is 23.8 Å². The van der Waals surface area contributed by atoms with Gasteiger partial charge in [0.15, 0.2) is 0 Å². The second kappa shape index (κ2) is 5.73. The van der Waals surface area contributed by atoms with Gasteiger partial charge in [-0.25, -0.2) is 0 Å². The Labute approximate surface area is 128 Å². The molecule has 1 aromatic rings. The van der Waals surface area contributed by atoms with Crippen LogP contribution in [0.15, 0.2) is 0 Å². The highest BCUT2D eigenvalue weighted by atomic mass is 32.1. The zero-order valence-electron chi connectivity index (χ0n) is 12.0. The standard InChI is InChI=1S/C13H20N4OS2/c1-13(2,3)10-9(20-16-15-10)12(18)17-7-5-4-6-8(17)11(14)19/h8H,4-7H2,1-3H3,(H2,14,19). The fraction of sp³-hybridized carbons (Fsp3) is 0.692. The summed E-state index contributed by atoms with van der Waals surface area (Å²) in [4.78, 5) is 15.6. The first kappa shape index (κ1) is 15.3. The first-order chi connectivity index (χ1) is 9.32. The summed E-state index contributed by atoms with van der Waals surface area (Å²) in [5.74, 6) is -0.0394. The molecule has 0 bridgehead atoms. The van der Waals surface area contributed by atoms with Gasteiger partial charge in [0, 0.05) is 12.0 Å². The predicted molar refractivity (Wildman–Crippen MR) is 84.1 cm³/mol. The lowest BCUT2D eigenvalue weighted by Gasteiger charge is -2.35. The van der Waals surface area contributed by atoms with Gasteiger partial charge in [0.2, 0.25) is 0 Å². The summed E-state index contributed by atoms with van der Waals surface area (Å²) in [7, 11) is 0. The molecule has 2 heterocycles. The van der Waals surface area contributed by atoms with Crippen molar-refractivity contribution in [1.29, 1.82) is 0 Å². The number of piperidine rings is 1. The Balaban J connectivity index is 2.31. The fourth-order valence-electron chi connectivity index (χ4n) is 2.42. The highest BCUT2D eigenvalue weighted by Gasteiger charge is 2.34. The van der Waals surface area contributed by atoms with E-state index in [2.05, 4.69) is 9.59 Å². The molecule has 0 spiro atoms. The Morgan fingerprint density at radius 3 is 2.75 bits per heavy atom. The molecular weight excluding hydrogens is 292 g/mol. The highest BCUT2D eigenvalue weighted by Crippen LogP contribution is 2.29. The molecule has 1 saturated heterocycles. The molecule has 7 heteroatoms. The van der Waals surface area contributed by atoms with Crippen molar-refractivity contribution in [3.8, 4) is 0 Å². The Morgan fingerprint density at radius 2 is 2.15 bits per heavy atom. The average Bonchev–Trinajstić information content (AvgIpc) is 2.87. The molecule has 1 fully saturated rings. The van der Waals surface area contributed by atoms with Crippen molar-refractivity contribution < 1.29 is 4.79 Å². The van der Waals surface area contributed by atoms with Crippen LogP contribution < -0.4 is 5.73 Å². The molecule has 1 aromatic heterocycles. The number of nitrogens with two attached hydrogens (primary N) is 1. The van der Waals surface area contributed by atoms with Gasteiger partial charge in [0.25, 0.3) is 5.91 Å². The summed E-state index contributed by atoms with van der Waals surface area (Å²) in [6.45, 7) is 6.79. The van der Waals surface area contributed by atoms with Gasteiger partial charge >= 0.3 is 0 Å². The van der Waals surface area contributed by atoms with Crippen LogP contribution in [0.4, 0.5) is 0 Å². The molecular formula is C13H20N4OS2. The van der Waals surface area contributed by atoms with Gasteiger partial charge < -0.3 is 10.6 Å². The molecule has 0 aliphatic carbocycles. The van der Waals surface area contributed by atoms with E-state index in [9.17, 15) is 4.79 Å². The maximum Gasteiger partial charge on any atom is 0.268 e. The van der Waals surface area contributed by atoms with E-state index in [-0.39, 0.29) is 17.4 Å². The number of nitrogens with zero attached hydrogens (tertiary/aromatic N) is 3. The van der Waals surface area contributed by atoms with Gasteiger partial charge in [-0.05, 0) is 30.8 Å². The zero-order valence-corrected chi connectivity index (χ0v) is 13.7. The van der Waals surface area contributed by atoms with Gasteiger partial charge in [0.1, 0.15) is 4.88 Å². The number of carbonyl (C=O) groups excluding carboxylic acids is 1. The molecule has 1 aliphatic rings. The van der Waals surface area contributed by atoms with Crippen LogP contribution in [-0.2, 0) is 5.41 Å². The summed E-state index contributed by atoms with van der Waals surface area (Å²) in [5.41, 5.74) is 6.33. The zero-order chi connectivity index (χ0) is 14.9. The van der Waals surface area contributed by atoms with E-state index in [4.69, 9.17) is 18.0 Å². The van der Waals surface area contributed by atoms with Crippen LogP contribution in [0.2, 0.25) is 0 Å². The van der Waals surface area contributed by atoms with E-state index in [1.165, 1.54) is 0 Å². The maximum absolute atomic E-state index is 12.8. The smallest absolute Gasteiger partial charge is 0.268 e. The second-order valence-electron chi connectivity index (χ2n) is 6.11. The molecule has 1 amide bonds. The third kappa shape index (κ3) is 2.98. The van der Waals surface area contributed by atoms with Crippen molar-refractivity contribution in [2.45, 2.75) is 51.5 Å². The summed E-state index contributed by atoms with van der Waals surface area (Å²) in [5, 5.41) is 4.13. The van der Waals surface area contributed by atoms with Gasteiger partial charge in [-0.3, -0.25) is 4.79 Å². The third-order valence-corrected chi connectivity index (χ3v) is 4.47. The number of thiocarbonyl (C=S) groups is 1. The minimum absolute atomic E-state index is 0.0394. The van der Waals surface area contributed by atoms with Crippen molar-refractivity contribution in [1.82, 2.24) is 14.5 Å². The first-order valence-corrected chi connectivity index (χ1v) is 7.93. The largest absolute Gasteiger partial charge is 0.392 e. The molecule has 5 nitrogen and oxygen atoms in total. The quantitative estimate of drug-likeness (QED) is 0.847. The van der Waals surface area contributed by atoms with Crippen molar-refractivity contribution in [2.75, 3.05) is 6.54 Å². The minimum atomic E-state index is -0.202. The number of carbonyl (C=O) groups is 1. The van der Waals surface area contributed by atoms with Crippen LogP contribution in [-0.4, -0.2) is 38.0 Å². The fourth-order valence-corrected chi connectivity index (χ4v) is 3.50. The molecule has 0 radical (unpaired) electrons. The molecule has 1 atom stereocenters. The SMILES string of the molecule is CC(C)(C)c1nnsc1C(=O)N1CCCCC1C(N)=S. The first-order valence-electron chi connectivity index (χ1n) is 6.75. The van der Waals surface area contributed by atoms with E-state index >= 15 is 0 Å². The summed E-state index contributed by atoms with van der Waals surface area (Å²) < 4.78 is 3.95. The molecule has 0 saturated carbocycles. The summed E-state index contributed by atoms with van der Waals surface area (Å²) in [6.07, 6.45) is 2.89. The second-order valence-corrected chi connectivity index (χ2v) is 7.34. The lowest BCUT2D eigenvalue weighted by atomic mass is 9.91. The molecule has 1 aliphatic heterocycles. The van der Waals surface area contributed by atoms with Crippen LogP contribution in [0.3, 0.4) is 0 Å². The predicted octanol–water partition coefficient (Wildman–Crippen LogP) is 2.12. The average molecular weight is 312 g/mol. The van der Waals surface area contributed by atoms with Gasteiger partial charge in [-0.1, -0.05) is 37.5 Å². The number of hydrogen-bond acceptors (Lipinski definition) is 5. The lowest BCUT2D eigenvalue weighted by molar-refractivity contribution is 0.0683. The Kier molecular flexibility index (Phi) is 4.39. The molecule has 2 N–H and O–H groups in total. The molecule has 0 aromatic carbocycles. The van der Waals surface area contributed by atoms with Crippen molar-refractivity contribution >= 4 is 34.6 Å². The summed E-state index contributed by atoms with van der Waals surface area (Å²) in [6, 6.07) is -0.138. The van der Waals surface area contributed by atoms with E-state index in [0.717, 1.165) is 36.5 Å². The number of rotatable bonds is 2. The van der Waals surface area contributed by atoms with Crippen LogP contribution in [0.1, 0.15) is 55.4 Å². The van der Waals surface area contributed by atoms with Crippen LogP contribution in [0.25, 0.3) is 0 Å². The Bertz CT molecular complexity index is 521. The number of amides is 1. The van der Waals surface area contributed by atoms with Crippen molar-refractivity contribution in [3.63, 3.8) is 0 Å². The molecule has 1 unspecified atom stereocenters. The maximum atomic E-state index is 12.8. The molecule has 110 valence electrons. The minimum Gasteiger partial charge on any atom is -0.392 e. The van der Waals surface area contributed by atoms with Gasteiger partial charge in [0.05, 0.1) is 16.7 Å². The van der Waals surface area contributed by atoms with Gasteiger partial charge in [-0.15, -0.1) is 5.10 Å². The topological polar surface area (TPSA) is 72.1 Å². The van der Waals surface area contributed by atoms with Crippen molar-refractivity contribution in [2.24, 2.45) is 5.73 Å².